The number of aliphatic hydroxyl groups is 1. The van der Waals surface area contributed by atoms with Crippen LogP contribution in [0.15, 0.2) is 115 Å². The van der Waals surface area contributed by atoms with Gasteiger partial charge in [0.1, 0.15) is 18.7 Å². The van der Waals surface area contributed by atoms with Gasteiger partial charge in [0.25, 0.3) is 0 Å². The molecule has 0 aromatic heterocycles. The van der Waals surface area contributed by atoms with Crippen molar-refractivity contribution in [2.24, 2.45) is 5.73 Å². The van der Waals surface area contributed by atoms with E-state index in [4.69, 9.17) is 15.2 Å². The Labute approximate surface area is 292 Å². The van der Waals surface area contributed by atoms with E-state index in [-0.39, 0.29) is 19.4 Å². The third-order valence-electron chi connectivity index (χ3n) is 8.47. The molecule has 1 unspecified atom stereocenters. The van der Waals surface area contributed by atoms with Crippen LogP contribution in [0.25, 0.3) is 0 Å². The highest BCUT2D eigenvalue weighted by Gasteiger charge is 2.49. The van der Waals surface area contributed by atoms with Crippen LogP contribution >= 0.6 is 0 Å². The minimum absolute atomic E-state index is 0.0253. The number of nitrogens with zero attached hydrogens (tertiary/aromatic N) is 1. The van der Waals surface area contributed by atoms with E-state index in [1.54, 1.807) is 48.6 Å². The Kier molecular flexibility index (Phi) is 13.1. The largest absolute Gasteiger partial charge is 0.481 e. The van der Waals surface area contributed by atoms with Gasteiger partial charge in [-0.15, -0.1) is 0 Å². The Morgan fingerprint density at radius 1 is 0.940 bits per heavy atom. The number of nitrogens with two attached hydrogens (primary N) is 1. The highest BCUT2D eigenvalue weighted by molar-refractivity contribution is 5.87. The number of amides is 2. The first kappa shape index (κ1) is 37.6. The summed E-state index contributed by atoms with van der Waals surface area (Å²) in [6.45, 7) is 2.81. The van der Waals surface area contributed by atoms with E-state index < -0.39 is 66.2 Å². The molecular weight excluding hydrogens is 638 g/mol. The maximum atomic E-state index is 14.6. The molecule has 11 heteroatoms. The molecule has 264 valence electrons. The second-order valence-corrected chi connectivity index (χ2v) is 12.7. The fraction of sp³-hybridized carbons (Fsp3) is 0.333. The van der Waals surface area contributed by atoms with Crippen molar-refractivity contribution in [3.05, 3.63) is 132 Å². The third kappa shape index (κ3) is 10.4. The van der Waals surface area contributed by atoms with Crippen LogP contribution in [0.1, 0.15) is 55.8 Å². The number of carbonyl (C=O) groups excluding carboxylic acids is 3. The average Bonchev–Trinajstić information content (AvgIpc) is 3.10. The lowest BCUT2D eigenvalue weighted by Gasteiger charge is -2.44. The van der Waals surface area contributed by atoms with Gasteiger partial charge in [-0.2, -0.15) is 0 Å². The molecule has 0 fully saturated rings. The zero-order valence-electron chi connectivity index (χ0n) is 28.3. The number of hydrogen-bond acceptors (Lipinski definition) is 8. The van der Waals surface area contributed by atoms with Crippen molar-refractivity contribution >= 4 is 23.9 Å². The number of ether oxygens (including phenoxy) is 2. The first-order chi connectivity index (χ1) is 23.9. The number of carboxylic acid groups (broad SMARTS) is 1. The quantitative estimate of drug-likeness (QED) is 0.154. The van der Waals surface area contributed by atoms with Gasteiger partial charge in [-0.3, -0.25) is 19.3 Å². The maximum Gasteiger partial charge on any atom is 0.411 e. The molecule has 50 heavy (non-hydrogen) atoms. The van der Waals surface area contributed by atoms with Gasteiger partial charge in [0.15, 0.2) is 5.60 Å². The summed E-state index contributed by atoms with van der Waals surface area (Å²) in [7, 11) is 0. The number of nitrogens with one attached hydrogen (secondary N) is 1. The van der Waals surface area contributed by atoms with Gasteiger partial charge in [0.05, 0.1) is 24.6 Å². The minimum Gasteiger partial charge on any atom is -0.481 e. The number of allylic oxidation sites excluding steroid dienone is 2. The molecule has 5 atom stereocenters. The molecule has 0 spiro atoms. The molecule has 0 radical (unpaired) electrons. The molecule has 0 heterocycles. The standard InChI is InChI=1S/C39H45N3O8/c1-3-32(30-20-12-6-13-21-30)41-35(45)34(38(2,48)25-28-16-8-4-9-17-28)42(37(47)49-26-29-18-10-5-11-19-29)27-39(22-14-7-15-23-39)50-36(46)31(40)24-33(43)44/h4-22,31-32,34,48H,3,23-27,40H2,1-2H3,(H,41,45)(H,43,44)/t31-,32-,34-,38+,39?/m0/s1. The molecule has 0 aliphatic heterocycles. The van der Waals surface area contributed by atoms with Crippen molar-refractivity contribution in [2.75, 3.05) is 6.54 Å². The van der Waals surface area contributed by atoms with Gasteiger partial charge in [-0.05, 0) is 36.1 Å². The monoisotopic (exact) mass is 683 g/mol. The molecular formula is C39H45N3O8. The van der Waals surface area contributed by atoms with Crippen molar-refractivity contribution in [3.8, 4) is 0 Å². The topological polar surface area (TPSA) is 168 Å². The molecule has 3 aromatic carbocycles. The Bertz CT molecular complexity index is 1650. The van der Waals surface area contributed by atoms with Crippen LogP contribution in [0, 0.1) is 0 Å². The lowest BCUT2D eigenvalue weighted by atomic mass is 9.85. The molecule has 0 saturated carbocycles. The zero-order chi connectivity index (χ0) is 36.1. The van der Waals surface area contributed by atoms with Gasteiger partial charge in [0.2, 0.25) is 5.91 Å². The van der Waals surface area contributed by atoms with E-state index >= 15 is 0 Å². The number of aliphatic carboxylic acids is 1. The Morgan fingerprint density at radius 3 is 2.10 bits per heavy atom. The molecule has 2 amide bonds. The summed E-state index contributed by atoms with van der Waals surface area (Å²) in [4.78, 5) is 54.5. The van der Waals surface area contributed by atoms with E-state index in [9.17, 15) is 29.4 Å². The number of carboxylic acids is 1. The molecule has 4 rings (SSSR count). The second kappa shape index (κ2) is 17.4. The van der Waals surface area contributed by atoms with Crippen LogP contribution < -0.4 is 11.1 Å². The fourth-order valence-corrected chi connectivity index (χ4v) is 5.99. The van der Waals surface area contributed by atoms with Crippen molar-refractivity contribution in [2.45, 2.75) is 75.5 Å². The van der Waals surface area contributed by atoms with E-state index in [1.807, 2.05) is 73.7 Å². The third-order valence-corrected chi connectivity index (χ3v) is 8.47. The van der Waals surface area contributed by atoms with Crippen LogP contribution in [-0.4, -0.2) is 68.9 Å². The molecule has 3 aromatic rings. The van der Waals surface area contributed by atoms with E-state index in [0.29, 0.717) is 17.5 Å². The van der Waals surface area contributed by atoms with Gasteiger partial charge < -0.3 is 30.7 Å². The Hall–Kier alpha value is -5.26. The molecule has 0 bridgehead atoms. The van der Waals surface area contributed by atoms with Gasteiger partial charge in [-0.25, -0.2) is 4.79 Å². The number of hydrogen-bond donors (Lipinski definition) is 4. The predicted molar refractivity (Wildman–Crippen MR) is 187 cm³/mol. The first-order valence-electron chi connectivity index (χ1n) is 16.6. The lowest BCUT2D eigenvalue weighted by molar-refractivity contribution is -0.162. The lowest BCUT2D eigenvalue weighted by Crippen LogP contribution is -2.64. The van der Waals surface area contributed by atoms with Gasteiger partial charge in [-0.1, -0.05) is 116 Å². The Morgan fingerprint density at radius 2 is 1.54 bits per heavy atom. The summed E-state index contributed by atoms with van der Waals surface area (Å²) >= 11 is 0. The molecule has 1 aliphatic carbocycles. The molecule has 5 N–H and O–H groups in total. The smallest absolute Gasteiger partial charge is 0.411 e. The number of benzene rings is 3. The summed E-state index contributed by atoms with van der Waals surface area (Å²) in [6.07, 6.45) is 5.54. The number of carbonyl (C=O) groups is 4. The van der Waals surface area contributed by atoms with Crippen LogP contribution in [0.3, 0.4) is 0 Å². The van der Waals surface area contributed by atoms with E-state index in [1.165, 1.54) is 6.92 Å². The number of esters is 1. The van der Waals surface area contributed by atoms with Gasteiger partial charge in [0, 0.05) is 12.8 Å². The first-order valence-corrected chi connectivity index (χ1v) is 16.6. The van der Waals surface area contributed by atoms with Crippen LogP contribution in [0.5, 0.6) is 0 Å². The fourth-order valence-electron chi connectivity index (χ4n) is 5.99. The van der Waals surface area contributed by atoms with Crippen molar-refractivity contribution < 1.29 is 38.9 Å². The molecule has 11 nitrogen and oxygen atoms in total. The van der Waals surface area contributed by atoms with Crippen LogP contribution in [0.2, 0.25) is 0 Å². The number of rotatable bonds is 16. The van der Waals surface area contributed by atoms with Gasteiger partial charge >= 0.3 is 18.0 Å². The predicted octanol–water partition coefficient (Wildman–Crippen LogP) is 4.86. The van der Waals surface area contributed by atoms with Crippen molar-refractivity contribution in [1.29, 1.82) is 0 Å². The highest BCUT2D eigenvalue weighted by atomic mass is 16.6. The normalized spacial score (nSPS) is 18.2. The minimum atomic E-state index is -1.88. The highest BCUT2D eigenvalue weighted by Crippen LogP contribution is 2.31. The zero-order valence-corrected chi connectivity index (χ0v) is 28.3. The van der Waals surface area contributed by atoms with Crippen molar-refractivity contribution in [1.82, 2.24) is 10.2 Å². The van der Waals surface area contributed by atoms with Crippen LogP contribution in [0.4, 0.5) is 4.79 Å². The summed E-state index contributed by atoms with van der Waals surface area (Å²) in [5.74, 6) is -2.94. The summed E-state index contributed by atoms with van der Waals surface area (Å²) < 4.78 is 11.7. The average molecular weight is 684 g/mol. The van der Waals surface area contributed by atoms with Crippen molar-refractivity contribution in [3.63, 3.8) is 0 Å². The second-order valence-electron chi connectivity index (χ2n) is 12.7. The SMILES string of the molecule is CC[C@H](NC(=O)[C@H](N(CC1(OC(=O)[C@@H](N)CC(=O)O)C=CC=CC1)C(=O)OCc1ccccc1)[C@](C)(O)Cc1ccccc1)c1ccccc1. The molecule has 0 saturated heterocycles. The van der Waals surface area contributed by atoms with E-state index in [0.717, 1.165) is 10.5 Å². The van der Waals surface area contributed by atoms with E-state index in [2.05, 4.69) is 5.32 Å². The summed E-state index contributed by atoms with van der Waals surface area (Å²) in [5, 5.41) is 24.6. The Balaban J connectivity index is 1.79. The molecule has 1 aliphatic rings. The maximum absolute atomic E-state index is 14.6. The summed E-state index contributed by atoms with van der Waals surface area (Å²) in [5.41, 5.74) is 4.65. The van der Waals surface area contributed by atoms with Crippen LogP contribution in [-0.2, 0) is 36.9 Å². The summed E-state index contributed by atoms with van der Waals surface area (Å²) in [6, 6.07) is 23.9.